The van der Waals surface area contributed by atoms with Gasteiger partial charge in [-0.25, -0.2) is 0 Å². The van der Waals surface area contributed by atoms with Gasteiger partial charge in [0.15, 0.2) is 0 Å². The highest BCUT2D eigenvalue weighted by molar-refractivity contribution is 6.61. The number of hydrogen-bond acceptors (Lipinski definition) is 6. The molecule has 0 radical (unpaired) electrons. The van der Waals surface area contributed by atoms with E-state index in [0.717, 1.165) is 0 Å². The molecule has 0 aromatic carbocycles. The predicted molar refractivity (Wildman–Crippen MR) is 83.0 cm³/mol. The molecular weight excluding hydrogens is 292 g/mol. The van der Waals surface area contributed by atoms with Crippen LogP contribution in [0.25, 0.3) is 0 Å². The zero-order valence-corrected chi connectivity index (χ0v) is 15.4. The summed E-state index contributed by atoms with van der Waals surface area (Å²) in [4.78, 5) is 0. The van der Waals surface area contributed by atoms with E-state index in [1.54, 1.807) is 0 Å². The van der Waals surface area contributed by atoms with Gasteiger partial charge < -0.3 is 27.5 Å². The molecule has 21 heavy (non-hydrogen) atoms. The molecule has 0 saturated heterocycles. The lowest BCUT2D eigenvalue weighted by molar-refractivity contribution is -0.369. The van der Waals surface area contributed by atoms with E-state index in [0.29, 0.717) is 45.7 Å². The van der Waals surface area contributed by atoms with Crippen molar-refractivity contribution in [2.45, 2.75) is 53.6 Å². The van der Waals surface area contributed by atoms with E-state index in [9.17, 15) is 0 Å². The van der Waals surface area contributed by atoms with Crippen LogP contribution in [0, 0.1) is 0 Å². The Morgan fingerprint density at radius 3 is 1.14 bits per heavy atom. The van der Waals surface area contributed by atoms with Gasteiger partial charge in [0.25, 0.3) is 5.97 Å². The Morgan fingerprint density at radius 1 is 0.571 bits per heavy atom. The zero-order chi connectivity index (χ0) is 16.2. The molecule has 6 nitrogen and oxygen atoms in total. The highest BCUT2D eigenvalue weighted by Crippen LogP contribution is 2.30. The Labute approximate surface area is 130 Å². The summed E-state index contributed by atoms with van der Waals surface area (Å²) in [6.07, 6.45) is 0. The molecule has 0 unspecified atom stereocenters. The van der Waals surface area contributed by atoms with E-state index >= 15 is 0 Å². The fraction of sp³-hybridized carbons (Fsp3) is 1.00. The summed E-state index contributed by atoms with van der Waals surface area (Å²) in [5.41, 5.74) is 0. The maximum atomic E-state index is 5.86. The molecule has 0 saturated carbocycles. The molecule has 128 valence electrons. The quantitative estimate of drug-likeness (QED) is 0.362. The van der Waals surface area contributed by atoms with Gasteiger partial charge >= 0.3 is 8.80 Å². The molecule has 0 aromatic heterocycles. The first kappa shape index (κ1) is 21.0. The second kappa shape index (κ2) is 11.5. The first-order chi connectivity index (χ1) is 10.1. The summed E-state index contributed by atoms with van der Waals surface area (Å²) in [6, 6.07) is 0.311. The molecule has 0 bridgehead atoms. The standard InChI is InChI=1S/C14H32O6Si/c1-7-15-14(16-8-2,17-9-3)13-21(18-10-4,19-11-5)20-12-6/h7-13H2,1-6H3. The molecule has 0 aliphatic heterocycles. The Morgan fingerprint density at radius 2 is 0.905 bits per heavy atom. The van der Waals surface area contributed by atoms with E-state index < -0.39 is 14.8 Å². The summed E-state index contributed by atoms with van der Waals surface area (Å²) in [6.45, 7) is 14.4. The fourth-order valence-corrected chi connectivity index (χ4v) is 4.85. The minimum absolute atomic E-state index is 0.311. The van der Waals surface area contributed by atoms with Crippen LogP contribution in [0.3, 0.4) is 0 Å². The van der Waals surface area contributed by atoms with Gasteiger partial charge in [0.1, 0.15) is 0 Å². The van der Waals surface area contributed by atoms with Crippen LogP contribution in [-0.2, 0) is 27.5 Å². The number of ether oxygens (including phenoxy) is 3. The zero-order valence-electron chi connectivity index (χ0n) is 14.4. The van der Waals surface area contributed by atoms with Gasteiger partial charge in [-0.1, -0.05) is 0 Å². The second-order valence-corrected chi connectivity index (χ2v) is 6.73. The van der Waals surface area contributed by atoms with E-state index in [4.69, 9.17) is 27.5 Å². The third-order valence-corrected chi connectivity index (χ3v) is 5.67. The van der Waals surface area contributed by atoms with Crippen molar-refractivity contribution in [2.75, 3.05) is 39.6 Å². The predicted octanol–water partition coefficient (Wildman–Crippen LogP) is 2.80. The second-order valence-electron chi connectivity index (χ2n) is 4.14. The van der Waals surface area contributed by atoms with Crippen molar-refractivity contribution < 1.29 is 27.5 Å². The maximum absolute atomic E-state index is 5.86. The summed E-state index contributed by atoms with van der Waals surface area (Å²) < 4.78 is 34.8. The van der Waals surface area contributed by atoms with Gasteiger partial charge in [0.05, 0.1) is 6.04 Å². The summed E-state index contributed by atoms with van der Waals surface area (Å²) in [5.74, 6) is -1.18. The van der Waals surface area contributed by atoms with Crippen molar-refractivity contribution in [3.8, 4) is 0 Å². The highest BCUT2D eigenvalue weighted by Gasteiger charge is 2.51. The molecule has 0 spiro atoms. The highest BCUT2D eigenvalue weighted by atomic mass is 28.4. The Hall–Kier alpha value is -0.0231. The molecule has 0 aliphatic carbocycles. The van der Waals surface area contributed by atoms with Gasteiger partial charge in [-0.05, 0) is 41.5 Å². The molecule has 0 aromatic rings. The molecule has 0 atom stereocenters. The lowest BCUT2D eigenvalue weighted by atomic mass is 10.6. The summed E-state index contributed by atoms with van der Waals surface area (Å²) >= 11 is 0. The minimum atomic E-state index is -2.92. The normalized spacial score (nSPS) is 12.9. The monoisotopic (exact) mass is 324 g/mol. The average molecular weight is 324 g/mol. The van der Waals surface area contributed by atoms with Crippen LogP contribution in [0.1, 0.15) is 41.5 Å². The van der Waals surface area contributed by atoms with Gasteiger partial charge in [0.2, 0.25) is 0 Å². The molecule has 7 heteroatoms. The first-order valence-corrected chi connectivity index (χ1v) is 9.84. The van der Waals surface area contributed by atoms with Crippen molar-refractivity contribution in [3.63, 3.8) is 0 Å². The SMILES string of the molecule is CCOC(C[Si](OCC)(OCC)OCC)(OCC)OCC. The van der Waals surface area contributed by atoms with Gasteiger partial charge in [0, 0.05) is 39.6 Å². The molecule has 0 aliphatic rings. The van der Waals surface area contributed by atoms with Crippen LogP contribution in [0.4, 0.5) is 0 Å². The van der Waals surface area contributed by atoms with E-state index in [-0.39, 0.29) is 0 Å². The van der Waals surface area contributed by atoms with Crippen LogP contribution in [0.15, 0.2) is 0 Å². The van der Waals surface area contributed by atoms with Crippen molar-refractivity contribution in [3.05, 3.63) is 0 Å². The molecule has 0 rings (SSSR count). The van der Waals surface area contributed by atoms with Crippen molar-refractivity contribution >= 4 is 8.80 Å². The van der Waals surface area contributed by atoms with Crippen LogP contribution in [0.5, 0.6) is 0 Å². The van der Waals surface area contributed by atoms with Crippen LogP contribution in [0.2, 0.25) is 6.04 Å². The largest absolute Gasteiger partial charge is 0.509 e. The Balaban J connectivity index is 5.30. The molecule has 0 heterocycles. The number of rotatable bonds is 14. The Kier molecular flexibility index (Phi) is 11.5. The smallest absolute Gasteiger partial charge is 0.374 e. The lowest BCUT2D eigenvalue weighted by Gasteiger charge is -2.38. The van der Waals surface area contributed by atoms with Crippen molar-refractivity contribution in [1.29, 1.82) is 0 Å². The van der Waals surface area contributed by atoms with Crippen molar-refractivity contribution in [1.82, 2.24) is 0 Å². The van der Waals surface area contributed by atoms with Crippen LogP contribution in [-0.4, -0.2) is 54.4 Å². The maximum Gasteiger partial charge on any atom is 0.509 e. The summed E-state index contributed by atoms with van der Waals surface area (Å²) in [7, 11) is -2.92. The third-order valence-electron chi connectivity index (χ3n) is 2.62. The molecular formula is C14H32O6Si. The van der Waals surface area contributed by atoms with Gasteiger partial charge in [-0.15, -0.1) is 0 Å². The molecule has 0 amide bonds. The average Bonchev–Trinajstić information content (AvgIpc) is 2.40. The van der Waals surface area contributed by atoms with E-state index in [1.807, 2.05) is 41.5 Å². The topological polar surface area (TPSA) is 55.4 Å². The van der Waals surface area contributed by atoms with Gasteiger partial charge in [-0.3, -0.25) is 0 Å². The van der Waals surface area contributed by atoms with Crippen LogP contribution < -0.4 is 0 Å². The number of hydrogen-bond donors (Lipinski definition) is 0. The van der Waals surface area contributed by atoms with E-state index in [2.05, 4.69) is 0 Å². The van der Waals surface area contributed by atoms with E-state index in [1.165, 1.54) is 0 Å². The first-order valence-electron chi connectivity index (χ1n) is 7.91. The third kappa shape index (κ3) is 7.18. The minimum Gasteiger partial charge on any atom is -0.374 e. The molecule has 0 fully saturated rings. The van der Waals surface area contributed by atoms with Crippen molar-refractivity contribution in [2.24, 2.45) is 0 Å². The van der Waals surface area contributed by atoms with Crippen LogP contribution >= 0.6 is 0 Å². The van der Waals surface area contributed by atoms with Gasteiger partial charge in [-0.2, -0.15) is 0 Å². The fourth-order valence-electron chi connectivity index (χ4n) is 2.14. The molecule has 0 N–H and O–H groups in total. The lowest BCUT2D eigenvalue weighted by Crippen LogP contribution is -2.55. The Bertz CT molecular complexity index is 194. The summed E-state index contributed by atoms with van der Waals surface area (Å²) in [5, 5.41) is 0.